The van der Waals surface area contributed by atoms with E-state index in [0.29, 0.717) is 18.3 Å². The summed E-state index contributed by atoms with van der Waals surface area (Å²) >= 11 is 0. The third kappa shape index (κ3) is 6.54. The summed E-state index contributed by atoms with van der Waals surface area (Å²) < 4.78 is 1.93. The van der Waals surface area contributed by atoms with Gasteiger partial charge in [-0.15, -0.1) is 17.5 Å². The van der Waals surface area contributed by atoms with Crippen LogP contribution in [-0.4, -0.2) is 40.5 Å². The standard InChI is InChI=1S/C22H33N5O.ClH/c1-17-20(25-26-27(17)19-11-14-23-15-12-19)21(28)24-16-22(2,3)13-7-10-18-8-5-4-6-9-18;/h4-6,8-9,19,23H,7,10-16H2,1-3H3,(H,24,28);1H. The van der Waals surface area contributed by atoms with Gasteiger partial charge in [0.25, 0.3) is 5.91 Å². The Kier molecular flexibility index (Phi) is 8.65. The minimum Gasteiger partial charge on any atom is -0.350 e. The van der Waals surface area contributed by atoms with Gasteiger partial charge in [0.15, 0.2) is 5.69 Å². The number of hydrogen-bond donors (Lipinski definition) is 2. The zero-order valence-electron chi connectivity index (χ0n) is 17.8. The van der Waals surface area contributed by atoms with E-state index in [2.05, 4.69) is 59.1 Å². The largest absolute Gasteiger partial charge is 0.350 e. The van der Waals surface area contributed by atoms with E-state index in [9.17, 15) is 4.79 Å². The summed E-state index contributed by atoms with van der Waals surface area (Å²) in [6.07, 6.45) is 5.29. The van der Waals surface area contributed by atoms with Gasteiger partial charge < -0.3 is 10.6 Å². The summed E-state index contributed by atoms with van der Waals surface area (Å²) in [5, 5.41) is 14.9. The van der Waals surface area contributed by atoms with E-state index >= 15 is 0 Å². The van der Waals surface area contributed by atoms with Crippen molar-refractivity contribution in [3.63, 3.8) is 0 Å². The minimum atomic E-state index is -0.117. The van der Waals surface area contributed by atoms with Crippen LogP contribution in [0, 0.1) is 12.3 Å². The molecule has 1 aliphatic heterocycles. The summed E-state index contributed by atoms with van der Waals surface area (Å²) in [5.41, 5.74) is 2.74. The quantitative estimate of drug-likeness (QED) is 0.684. The first kappa shape index (κ1) is 23.4. The second kappa shape index (κ2) is 10.7. The highest BCUT2D eigenvalue weighted by Gasteiger charge is 2.24. The zero-order valence-corrected chi connectivity index (χ0v) is 18.6. The first-order valence-corrected chi connectivity index (χ1v) is 10.4. The molecule has 160 valence electrons. The van der Waals surface area contributed by atoms with E-state index in [1.165, 1.54) is 5.56 Å². The van der Waals surface area contributed by atoms with Crippen molar-refractivity contribution >= 4 is 18.3 Å². The molecule has 1 aliphatic rings. The van der Waals surface area contributed by atoms with Crippen molar-refractivity contribution < 1.29 is 4.79 Å². The fourth-order valence-corrected chi connectivity index (χ4v) is 3.86. The summed E-state index contributed by atoms with van der Waals surface area (Å²) in [4.78, 5) is 12.7. The number of halogens is 1. The van der Waals surface area contributed by atoms with Crippen molar-refractivity contribution in [2.75, 3.05) is 19.6 Å². The lowest BCUT2D eigenvalue weighted by atomic mass is 9.86. The Morgan fingerprint density at radius 2 is 1.93 bits per heavy atom. The predicted molar refractivity (Wildman–Crippen MR) is 119 cm³/mol. The molecule has 29 heavy (non-hydrogen) atoms. The van der Waals surface area contributed by atoms with Crippen LogP contribution in [0.2, 0.25) is 0 Å². The van der Waals surface area contributed by atoms with Crippen LogP contribution in [-0.2, 0) is 6.42 Å². The zero-order chi connectivity index (χ0) is 20.0. The predicted octanol–water partition coefficient (Wildman–Crippen LogP) is 3.71. The van der Waals surface area contributed by atoms with E-state index in [4.69, 9.17) is 0 Å². The molecule has 2 aromatic rings. The first-order chi connectivity index (χ1) is 13.5. The average Bonchev–Trinajstić information content (AvgIpc) is 3.09. The van der Waals surface area contributed by atoms with Gasteiger partial charge in [-0.3, -0.25) is 4.79 Å². The van der Waals surface area contributed by atoms with Crippen LogP contribution in [0.3, 0.4) is 0 Å². The molecule has 0 spiro atoms. The van der Waals surface area contributed by atoms with E-state index < -0.39 is 0 Å². The SMILES string of the molecule is Cc1c(C(=O)NCC(C)(C)CCCc2ccccc2)nnn1C1CCNCC1.Cl. The minimum absolute atomic E-state index is 0. The van der Waals surface area contributed by atoms with Crippen molar-refractivity contribution in [1.82, 2.24) is 25.6 Å². The maximum atomic E-state index is 12.7. The van der Waals surface area contributed by atoms with Gasteiger partial charge in [-0.05, 0) is 63.1 Å². The number of carbonyl (C=O) groups excluding carboxylic acids is 1. The van der Waals surface area contributed by atoms with Gasteiger partial charge >= 0.3 is 0 Å². The molecule has 2 N–H and O–H groups in total. The number of nitrogens with zero attached hydrogens (tertiary/aromatic N) is 3. The van der Waals surface area contributed by atoms with E-state index in [0.717, 1.165) is 50.9 Å². The van der Waals surface area contributed by atoms with Crippen LogP contribution in [0.1, 0.15) is 67.3 Å². The Morgan fingerprint density at radius 3 is 2.62 bits per heavy atom. The van der Waals surface area contributed by atoms with Gasteiger partial charge in [0.2, 0.25) is 0 Å². The Bertz CT molecular complexity index is 769. The highest BCUT2D eigenvalue weighted by atomic mass is 35.5. The highest BCUT2D eigenvalue weighted by molar-refractivity contribution is 5.93. The molecule has 7 heteroatoms. The molecular weight excluding hydrogens is 386 g/mol. The number of aryl methyl sites for hydroxylation is 1. The number of benzene rings is 1. The number of piperidine rings is 1. The fourth-order valence-electron chi connectivity index (χ4n) is 3.86. The third-order valence-corrected chi connectivity index (χ3v) is 5.69. The summed E-state index contributed by atoms with van der Waals surface area (Å²) in [5.74, 6) is -0.117. The molecule has 0 unspecified atom stereocenters. The molecule has 1 fully saturated rings. The van der Waals surface area contributed by atoms with Crippen LogP contribution < -0.4 is 10.6 Å². The third-order valence-electron chi connectivity index (χ3n) is 5.69. The van der Waals surface area contributed by atoms with E-state index in [1.54, 1.807) is 0 Å². The van der Waals surface area contributed by atoms with Gasteiger partial charge in [0.1, 0.15) is 0 Å². The Labute approximate surface area is 180 Å². The van der Waals surface area contributed by atoms with Crippen molar-refractivity contribution in [2.24, 2.45) is 5.41 Å². The maximum Gasteiger partial charge on any atom is 0.273 e. The molecule has 0 atom stereocenters. The number of rotatable bonds is 8. The van der Waals surface area contributed by atoms with Crippen LogP contribution in [0.4, 0.5) is 0 Å². The average molecular weight is 420 g/mol. The number of carbonyl (C=O) groups is 1. The lowest BCUT2D eigenvalue weighted by molar-refractivity contribution is 0.0928. The van der Waals surface area contributed by atoms with E-state index in [1.807, 2.05) is 17.7 Å². The molecule has 1 aromatic carbocycles. The molecule has 1 aromatic heterocycles. The van der Waals surface area contributed by atoms with Crippen LogP contribution in [0.25, 0.3) is 0 Å². The molecule has 0 radical (unpaired) electrons. The number of amides is 1. The van der Waals surface area contributed by atoms with Crippen LogP contribution in [0.15, 0.2) is 30.3 Å². The molecule has 1 amide bonds. The van der Waals surface area contributed by atoms with Gasteiger partial charge in [-0.2, -0.15) is 0 Å². The van der Waals surface area contributed by atoms with Crippen molar-refractivity contribution in [3.05, 3.63) is 47.3 Å². The maximum absolute atomic E-state index is 12.7. The number of aromatic nitrogens is 3. The van der Waals surface area contributed by atoms with Gasteiger partial charge in [0.05, 0.1) is 11.7 Å². The summed E-state index contributed by atoms with van der Waals surface area (Å²) in [6, 6.07) is 10.9. The summed E-state index contributed by atoms with van der Waals surface area (Å²) in [6.45, 7) is 8.97. The Balaban J connectivity index is 0.00000300. The van der Waals surface area contributed by atoms with Gasteiger partial charge in [-0.25, -0.2) is 4.68 Å². The van der Waals surface area contributed by atoms with Crippen molar-refractivity contribution in [3.8, 4) is 0 Å². The number of hydrogen-bond acceptors (Lipinski definition) is 4. The molecular formula is C22H34ClN5O. The summed E-state index contributed by atoms with van der Waals surface area (Å²) in [7, 11) is 0. The van der Waals surface area contributed by atoms with Gasteiger partial charge in [-0.1, -0.05) is 49.4 Å². The Morgan fingerprint density at radius 1 is 1.24 bits per heavy atom. The molecule has 0 aliphatic carbocycles. The molecule has 3 rings (SSSR count). The van der Waals surface area contributed by atoms with Crippen LogP contribution >= 0.6 is 12.4 Å². The number of nitrogens with one attached hydrogen (secondary N) is 2. The fraction of sp³-hybridized carbons (Fsp3) is 0.591. The molecule has 1 saturated heterocycles. The van der Waals surface area contributed by atoms with Crippen molar-refractivity contribution in [1.29, 1.82) is 0 Å². The molecule has 0 bridgehead atoms. The Hall–Kier alpha value is -1.92. The molecule has 6 nitrogen and oxygen atoms in total. The topological polar surface area (TPSA) is 71.8 Å². The van der Waals surface area contributed by atoms with Crippen molar-refractivity contribution in [2.45, 2.75) is 58.9 Å². The smallest absolute Gasteiger partial charge is 0.273 e. The normalized spacial score (nSPS) is 15.0. The lowest BCUT2D eigenvalue weighted by Gasteiger charge is -2.25. The van der Waals surface area contributed by atoms with Crippen LogP contribution in [0.5, 0.6) is 0 Å². The van der Waals surface area contributed by atoms with E-state index in [-0.39, 0.29) is 23.7 Å². The second-order valence-electron chi connectivity index (χ2n) is 8.64. The highest BCUT2D eigenvalue weighted by Crippen LogP contribution is 2.23. The first-order valence-electron chi connectivity index (χ1n) is 10.4. The monoisotopic (exact) mass is 419 g/mol. The molecule has 0 saturated carbocycles. The second-order valence-corrected chi connectivity index (χ2v) is 8.64. The molecule has 2 heterocycles. The van der Waals surface area contributed by atoms with Gasteiger partial charge in [0, 0.05) is 6.54 Å². The lowest BCUT2D eigenvalue weighted by Crippen LogP contribution is -2.34.